The Hall–Kier alpha value is -2.99. The van der Waals surface area contributed by atoms with Crippen LogP contribution in [0.1, 0.15) is 30.9 Å². The van der Waals surface area contributed by atoms with Gasteiger partial charge in [-0.05, 0) is 56.6 Å². The molecule has 10 nitrogen and oxygen atoms in total. The van der Waals surface area contributed by atoms with Crippen LogP contribution in [0.5, 0.6) is 11.5 Å². The Morgan fingerprint density at radius 1 is 1.15 bits per heavy atom. The Balaban J connectivity index is 0.00000380. The van der Waals surface area contributed by atoms with Gasteiger partial charge in [-0.3, -0.25) is 14.5 Å². The summed E-state index contributed by atoms with van der Waals surface area (Å²) in [6.07, 6.45) is 5.15. The number of esters is 1. The summed E-state index contributed by atoms with van der Waals surface area (Å²) in [5.41, 5.74) is 7.19. The number of carbonyl (C=O) groups excluding carboxylic acids is 1. The van der Waals surface area contributed by atoms with E-state index in [2.05, 4.69) is 5.32 Å². The van der Waals surface area contributed by atoms with Gasteiger partial charge in [0.05, 0.1) is 25.9 Å². The topological polar surface area (TPSA) is 144 Å². The molecule has 1 aliphatic rings. The lowest BCUT2D eigenvalue weighted by Gasteiger charge is -2.26. The number of piperidine rings is 1. The van der Waals surface area contributed by atoms with E-state index in [9.17, 15) is 13.2 Å². The maximum atomic E-state index is 13.3. The fourth-order valence-corrected chi connectivity index (χ4v) is 5.19. The molecule has 0 aliphatic carbocycles. The van der Waals surface area contributed by atoms with Crippen molar-refractivity contribution in [2.45, 2.75) is 25.9 Å². The Morgan fingerprint density at radius 3 is 2.51 bits per heavy atom. The Morgan fingerprint density at radius 2 is 1.87 bits per heavy atom. The molecule has 13 heteroatoms. The largest absolute Gasteiger partial charge is 0.493 e. The summed E-state index contributed by atoms with van der Waals surface area (Å²) in [5, 5.41) is 10.9. The van der Waals surface area contributed by atoms with Crippen molar-refractivity contribution in [1.82, 2.24) is 5.32 Å². The molecule has 39 heavy (non-hydrogen) atoms. The molecule has 0 spiro atoms. The van der Waals surface area contributed by atoms with Gasteiger partial charge in [0.2, 0.25) is 10.0 Å². The molecule has 0 bridgehead atoms. The van der Waals surface area contributed by atoms with Crippen LogP contribution in [0.4, 0.5) is 5.69 Å². The molecular weight excluding hydrogens is 567 g/mol. The van der Waals surface area contributed by atoms with Crippen LogP contribution in [-0.4, -0.2) is 65.4 Å². The number of methoxy groups -OCH3 is 1. The highest BCUT2D eigenvalue weighted by atomic mass is 35.5. The van der Waals surface area contributed by atoms with E-state index in [1.807, 2.05) is 6.07 Å². The van der Waals surface area contributed by atoms with Crippen molar-refractivity contribution in [3.63, 3.8) is 0 Å². The van der Waals surface area contributed by atoms with Crippen LogP contribution in [0.25, 0.3) is 6.08 Å². The SMILES string of the molecule is CCOC(=O)CS(=O)(=O)N(C/C=C/c1cccc(C(=N)N)c1)c1ccc(OC2CCNCC2)c(OC)c1.Cl.Cl. The summed E-state index contributed by atoms with van der Waals surface area (Å²) in [5.74, 6) is -0.774. The minimum atomic E-state index is -4.09. The average Bonchev–Trinajstić information content (AvgIpc) is 2.87. The Bertz CT molecular complexity index is 1240. The first kappa shape index (κ1) is 34.0. The lowest BCUT2D eigenvalue weighted by Crippen LogP contribution is -2.36. The van der Waals surface area contributed by atoms with Gasteiger partial charge in [0, 0.05) is 11.6 Å². The number of hydrogen-bond acceptors (Lipinski definition) is 8. The van der Waals surface area contributed by atoms with Crippen LogP contribution in [0.3, 0.4) is 0 Å². The number of amidine groups is 1. The van der Waals surface area contributed by atoms with E-state index in [0.717, 1.165) is 35.8 Å². The molecule has 0 radical (unpaired) electrons. The minimum absolute atomic E-state index is 0. The molecule has 1 aliphatic heterocycles. The number of nitrogens with one attached hydrogen (secondary N) is 2. The monoisotopic (exact) mass is 602 g/mol. The Kier molecular flexibility index (Phi) is 14.1. The first-order valence-electron chi connectivity index (χ1n) is 12.1. The van der Waals surface area contributed by atoms with Crippen molar-refractivity contribution in [2.24, 2.45) is 5.73 Å². The first-order valence-corrected chi connectivity index (χ1v) is 13.7. The number of carbonyl (C=O) groups is 1. The molecule has 0 atom stereocenters. The quantitative estimate of drug-likeness (QED) is 0.190. The van der Waals surface area contributed by atoms with E-state index in [-0.39, 0.29) is 49.9 Å². The third-order valence-electron chi connectivity index (χ3n) is 5.74. The van der Waals surface area contributed by atoms with Gasteiger partial charge < -0.3 is 25.3 Å². The predicted octanol–water partition coefficient (Wildman–Crippen LogP) is 3.37. The van der Waals surface area contributed by atoms with Gasteiger partial charge >= 0.3 is 5.97 Å². The molecule has 2 aromatic rings. The highest BCUT2D eigenvalue weighted by Gasteiger charge is 2.27. The third kappa shape index (κ3) is 9.92. The van der Waals surface area contributed by atoms with Gasteiger partial charge in [-0.15, -0.1) is 24.8 Å². The average molecular weight is 604 g/mol. The maximum absolute atomic E-state index is 13.3. The molecule has 3 rings (SSSR count). The highest BCUT2D eigenvalue weighted by molar-refractivity contribution is 7.93. The summed E-state index contributed by atoms with van der Waals surface area (Å²) in [4.78, 5) is 12.1. The lowest BCUT2D eigenvalue weighted by atomic mass is 10.1. The molecule has 0 saturated carbocycles. The molecule has 1 fully saturated rings. The number of hydrogen-bond donors (Lipinski definition) is 3. The van der Waals surface area contributed by atoms with Crippen LogP contribution in [-0.2, 0) is 19.6 Å². The van der Waals surface area contributed by atoms with Gasteiger partial charge in [0.25, 0.3) is 0 Å². The standard InChI is InChI=1S/C26H34N4O6S.2ClH/c1-3-35-25(31)18-37(32,33)30(15-5-7-19-6-4-8-20(16-19)26(27)28)21-9-10-23(24(17-21)34-2)36-22-11-13-29-14-12-22;;/h4-10,16-17,22,29H,3,11-15,18H2,1-2H3,(H3,27,28);2*1H/b7-5+;;. The molecular formula is C26H36Cl2N4O6S. The molecule has 4 N–H and O–H groups in total. The smallest absolute Gasteiger partial charge is 0.323 e. The number of ether oxygens (including phenoxy) is 3. The number of sulfonamides is 1. The normalized spacial score (nSPS) is 13.6. The fourth-order valence-electron chi connectivity index (χ4n) is 3.91. The van der Waals surface area contributed by atoms with Crippen molar-refractivity contribution in [3.05, 3.63) is 59.7 Å². The van der Waals surface area contributed by atoms with Crippen LogP contribution < -0.4 is 24.8 Å². The van der Waals surface area contributed by atoms with Gasteiger partial charge in [0.15, 0.2) is 17.3 Å². The van der Waals surface area contributed by atoms with Gasteiger partial charge in [-0.1, -0.05) is 30.4 Å². The van der Waals surface area contributed by atoms with Crippen molar-refractivity contribution in [2.75, 3.05) is 43.4 Å². The van der Waals surface area contributed by atoms with E-state index in [4.69, 9.17) is 25.4 Å². The number of benzene rings is 2. The van der Waals surface area contributed by atoms with Gasteiger partial charge in [-0.25, -0.2) is 8.42 Å². The van der Waals surface area contributed by atoms with Gasteiger partial charge in [-0.2, -0.15) is 0 Å². The highest BCUT2D eigenvalue weighted by Crippen LogP contribution is 2.34. The van der Waals surface area contributed by atoms with Crippen LogP contribution in [0.2, 0.25) is 0 Å². The van der Waals surface area contributed by atoms with E-state index < -0.39 is 21.7 Å². The second kappa shape index (κ2) is 16.2. The summed E-state index contributed by atoms with van der Waals surface area (Å²) in [6.45, 7) is 3.38. The second-order valence-corrected chi connectivity index (χ2v) is 10.3. The first-order chi connectivity index (χ1) is 17.7. The van der Waals surface area contributed by atoms with E-state index in [0.29, 0.717) is 22.7 Å². The van der Waals surface area contributed by atoms with Crippen molar-refractivity contribution >= 4 is 58.4 Å². The number of nitrogens with two attached hydrogens (primary N) is 1. The molecule has 1 saturated heterocycles. The maximum Gasteiger partial charge on any atom is 0.323 e. The van der Waals surface area contributed by atoms with Gasteiger partial charge in [0.1, 0.15) is 11.9 Å². The van der Waals surface area contributed by atoms with Crippen molar-refractivity contribution in [1.29, 1.82) is 5.41 Å². The Labute approximate surface area is 242 Å². The summed E-state index contributed by atoms with van der Waals surface area (Å²) >= 11 is 0. The number of nitrogens with zero attached hydrogens (tertiary/aromatic N) is 1. The van der Waals surface area contributed by atoms with Crippen LogP contribution >= 0.6 is 24.8 Å². The molecule has 0 aromatic heterocycles. The number of halogens is 2. The second-order valence-electron chi connectivity index (χ2n) is 8.44. The molecule has 1 heterocycles. The number of nitrogen functional groups attached to an aromatic ring is 1. The molecule has 0 amide bonds. The predicted molar refractivity (Wildman–Crippen MR) is 158 cm³/mol. The van der Waals surface area contributed by atoms with Crippen molar-refractivity contribution < 1.29 is 27.4 Å². The zero-order valence-corrected chi connectivity index (χ0v) is 24.4. The zero-order valence-electron chi connectivity index (χ0n) is 21.9. The summed E-state index contributed by atoms with van der Waals surface area (Å²) < 4.78 is 44.2. The number of rotatable bonds is 12. The minimum Gasteiger partial charge on any atom is -0.493 e. The van der Waals surface area contributed by atoms with E-state index in [1.165, 1.54) is 7.11 Å². The van der Waals surface area contributed by atoms with Crippen molar-refractivity contribution in [3.8, 4) is 11.5 Å². The summed E-state index contributed by atoms with van der Waals surface area (Å²) in [6, 6.07) is 11.9. The summed E-state index contributed by atoms with van der Waals surface area (Å²) in [7, 11) is -2.60. The van der Waals surface area contributed by atoms with Crippen LogP contribution in [0.15, 0.2) is 48.5 Å². The van der Waals surface area contributed by atoms with E-state index >= 15 is 0 Å². The molecule has 216 valence electrons. The lowest BCUT2D eigenvalue weighted by molar-refractivity contribution is -0.139. The third-order valence-corrected chi connectivity index (χ3v) is 7.37. The molecule has 0 unspecified atom stereocenters. The van der Waals surface area contributed by atoms with Crippen LogP contribution in [0, 0.1) is 5.41 Å². The van der Waals surface area contributed by atoms with E-state index in [1.54, 1.807) is 55.5 Å². The molecule has 2 aromatic carbocycles. The fraction of sp³-hybridized carbons (Fsp3) is 0.385. The number of anilines is 1. The zero-order chi connectivity index (χ0) is 26.8.